The maximum absolute atomic E-state index is 5.39. The molecule has 1 aromatic carbocycles. The Morgan fingerprint density at radius 2 is 1.81 bits per heavy atom. The molecule has 0 aliphatic heterocycles. The van der Waals surface area contributed by atoms with Crippen LogP contribution in [-0.4, -0.2) is 20.8 Å². The van der Waals surface area contributed by atoms with Gasteiger partial charge in [-0.2, -0.15) is 0 Å². The summed E-state index contributed by atoms with van der Waals surface area (Å²) in [4.78, 5) is 1.34. The average Bonchev–Trinajstić information content (AvgIpc) is 2.93. The van der Waals surface area contributed by atoms with Crippen LogP contribution in [0.2, 0.25) is 0 Å². The highest BCUT2D eigenvalue weighted by Crippen LogP contribution is 2.32. The normalized spacial score (nSPS) is 12.2. The molecule has 3 nitrogen and oxygen atoms in total. The van der Waals surface area contributed by atoms with Crippen LogP contribution < -0.4 is 14.8 Å². The van der Waals surface area contributed by atoms with Crippen LogP contribution in [0.3, 0.4) is 0 Å². The van der Waals surface area contributed by atoms with E-state index in [1.165, 1.54) is 16.0 Å². The summed E-state index contributed by atoms with van der Waals surface area (Å²) in [5.41, 5.74) is 2.49. The van der Waals surface area contributed by atoms with Crippen LogP contribution in [0.4, 0.5) is 0 Å². The molecule has 2 aromatic rings. The predicted molar refractivity (Wildman–Crippen MR) is 88.7 cm³/mol. The molecule has 0 saturated carbocycles. The van der Waals surface area contributed by atoms with E-state index >= 15 is 0 Å². The first kappa shape index (κ1) is 15.9. The molecule has 0 spiro atoms. The van der Waals surface area contributed by atoms with E-state index in [9.17, 15) is 0 Å². The Morgan fingerprint density at radius 1 is 1.14 bits per heavy atom. The molecule has 1 atom stereocenters. The molecule has 0 aliphatic carbocycles. The van der Waals surface area contributed by atoms with Gasteiger partial charge in [0.1, 0.15) is 11.5 Å². The second-order valence-corrected chi connectivity index (χ2v) is 6.09. The van der Waals surface area contributed by atoms with Gasteiger partial charge in [-0.1, -0.05) is 6.92 Å². The van der Waals surface area contributed by atoms with Crippen LogP contribution in [0.1, 0.15) is 35.4 Å². The lowest BCUT2D eigenvalue weighted by atomic mass is 9.98. The van der Waals surface area contributed by atoms with Gasteiger partial charge in [-0.15, -0.1) is 11.3 Å². The number of hydrogen-bond donors (Lipinski definition) is 1. The average molecular weight is 305 g/mol. The summed E-state index contributed by atoms with van der Waals surface area (Å²) in [6.45, 7) is 5.31. The molecule has 0 saturated heterocycles. The number of benzene rings is 1. The minimum Gasteiger partial charge on any atom is -0.497 e. The summed E-state index contributed by atoms with van der Waals surface area (Å²) >= 11 is 1.78. The molecule has 21 heavy (non-hydrogen) atoms. The number of rotatable bonds is 7. The van der Waals surface area contributed by atoms with Gasteiger partial charge in [0, 0.05) is 10.9 Å². The Hall–Kier alpha value is -1.52. The zero-order valence-corrected chi connectivity index (χ0v) is 13.9. The second-order valence-electron chi connectivity index (χ2n) is 4.97. The molecular formula is C17H23NO2S. The molecule has 0 fully saturated rings. The van der Waals surface area contributed by atoms with E-state index in [1.54, 1.807) is 25.6 Å². The molecule has 1 unspecified atom stereocenters. The molecule has 4 heteroatoms. The molecule has 1 aromatic heterocycles. The molecule has 114 valence electrons. The summed E-state index contributed by atoms with van der Waals surface area (Å²) in [5.74, 6) is 1.64. The molecule has 2 rings (SSSR count). The Balaban J connectivity index is 2.43. The predicted octanol–water partition coefficient (Wildman–Crippen LogP) is 4.16. The second kappa shape index (κ2) is 7.48. The van der Waals surface area contributed by atoms with E-state index in [1.807, 2.05) is 6.07 Å². The first-order valence-electron chi connectivity index (χ1n) is 7.20. The number of hydrogen-bond acceptors (Lipinski definition) is 4. The minimum atomic E-state index is 0.167. The van der Waals surface area contributed by atoms with Gasteiger partial charge < -0.3 is 14.8 Å². The lowest BCUT2D eigenvalue weighted by molar-refractivity contribution is 0.392. The van der Waals surface area contributed by atoms with Gasteiger partial charge in [-0.25, -0.2) is 0 Å². The third-order valence-electron chi connectivity index (χ3n) is 3.52. The van der Waals surface area contributed by atoms with Crippen molar-refractivity contribution in [1.29, 1.82) is 0 Å². The summed E-state index contributed by atoms with van der Waals surface area (Å²) in [5, 5.41) is 5.77. The zero-order chi connectivity index (χ0) is 15.2. The van der Waals surface area contributed by atoms with E-state index < -0.39 is 0 Å². The van der Waals surface area contributed by atoms with Crippen LogP contribution >= 0.6 is 11.3 Å². The zero-order valence-electron chi connectivity index (χ0n) is 13.1. The van der Waals surface area contributed by atoms with Gasteiger partial charge in [0.25, 0.3) is 0 Å². The summed E-state index contributed by atoms with van der Waals surface area (Å²) in [7, 11) is 3.37. The van der Waals surface area contributed by atoms with Crippen molar-refractivity contribution in [2.24, 2.45) is 0 Å². The van der Waals surface area contributed by atoms with Gasteiger partial charge in [0.2, 0.25) is 0 Å². The fourth-order valence-electron chi connectivity index (χ4n) is 2.39. The third kappa shape index (κ3) is 3.77. The molecule has 0 amide bonds. The summed E-state index contributed by atoms with van der Waals surface area (Å²) in [6.07, 6.45) is 1.10. The van der Waals surface area contributed by atoms with Crippen molar-refractivity contribution < 1.29 is 9.47 Å². The lowest BCUT2D eigenvalue weighted by Gasteiger charge is -2.21. The van der Waals surface area contributed by atoms with E-state index in [-0.39, 0.29) is 6.04 Å². The topological polar surface area (TPSA) is 30.5 Å². The molecule has 1 N–H and O–H groups in total. The number of aryl methyl sites for hydroxylation is 1. The monoisotopic (exact) mass is 305 g/mol. The van der Waals surface area contributed by atoms with E-state index in [4.69, 9.17) is 9.47 Å². The molecule has 0 bridgehead atoms. The Kier molecular flexibility index (Phi) is 5.65. The van der Waals surface area contributed by atoms with Crippen molar-refractivity contribution >= 4 is 11.3 Å². The quantitative estimate of drug-likeness (QED) is 0.833. The number of methoxy groups -OCH3 is 2. The third-order valence-corrected chi connectivity index (χ3v) is 4.38. The molecule has 0 aliphatic rings. The highest BCUT2D eigenvalue weighted by molar-refractivity contribution is 7.10. The Morgan fingerprint density at radius 3 is 2.29 bits per heavy atom. The van der Waals surface area contributed by atoms with Crippen molar-refractivity contribution in [3.63, 3.8) is 0 Å². The highest BCUT2D eigenvalue weighted by Gasteiger charge is 2.18. The fourth-order valence-corrected chi connectivity index (χ4v) is 3.13. The standard InChI is InChI=1S/C17H23NO2S/c1-5-7-18-17(16-6-8-21-12(16)2)13-9-14(19-3)11-15(10-13)20-4/h6,8-11,17-18H,5,7H2,1-4H3. The molecular weight excluding hydrogens is 282 g/mol. The van der Waals surface area contributed by atoms with Crippen molar-refractivity contribution in [3.05, 3.63) is 45.6 Å². The van der Waals surface area contributed by atoms with Gasteiger partial charge >= 0.3 is 0 Å². The molecule has 1 heterocycles. The number of nitrogens with one attached hydrogen (secondary N) is 1. The Bertz CT molecular complexity index is 558. The first-order chi connectivity index (χ1) is 10.2. The first-order valence-corrected chi connectivity index (χ1v) is 8.07. The van der Waals surface area contributed by atoms with Crippen LogP contribution in [0, 0.1) is 6.92 Å². The van der Waals surface area contributed by atoms with E-state index in [0.717, 1.165) is 24.5 Å². The SMILES string of the molecule is CCCNC(c1cc(OC)cc(OC)c1)c1ccsc1C. The lowest BCUT2D eigenvalue weighted by Crippen LogP contribution is -2.23. The maximum Gasteiger partial charge on any atom is 0.122 e. The van der Waals surface area contributed by atoms with Crippen molar-refractivity contribution in [2.75, 3.05) is 20.8 Å². The van der Waals surface area contributed by atoms with Crippen molar-refractivity contribution in [3.8, 4) is 11.5 Å². The number of ether oxygens (including phenoxy) is 2. The number of thiophene rings is 1. The summed E-state index contributed by atoms with van der Waals surface area (Å²) in [6, 6.07) is 8.42. The Labute approximate surface area is 130 Å². The summed E-state index contributed by atoms with van der Waals surface area (Å²) < 4.78 is 10.8. The van der Waals surface area contributed by atoms with Gasteiger partial charge in [-0.05, 0) is 54.6 Å². The van der Waals surface area contributed by atoms with E-state index in [0.29, 0.717) is 0 Å². The fraction of sp³-hybridized carbons (Fsp3) is 0.412. The van der Waals surface area contributed by atoms with Crippen LogP contribution in [-0.2, 0) is 0 Å². The largest absolute Gasteiger partial charge is 0.497 e. The van der Waals surface area contributed by atoms with Crippen molar-refractivity contribution in [2.45, 2.75) is 26.3 Å². The van der Waals surface area contributed by atoms with Crippen LogP contribution in [0.25, 0.3) is 0 Å². The van der Waals surface area contributed by atoms with Crippen LogP contribution in [0.5, 0.6) is 11.5 Å². The maximum atomic E-state index is 5.39. The highest BCUT2D eigenvalue weighted by atomic mass is 32.1. The van der Waals surface area contributed by atoms with Gasteiger partial charge in [0.15, 0.2) is 0 Å². The van der Waals surface area contributed by atoms with Gasteiger partial charge in [-0.3, -0.25) is 0 Å². The molecule has 0 radical (unpaired) electrons. The van der Waals surface area contributed by atoms with E-state index in [2.05, 4.69) is 42.7 Å². The van der Waals surface area contributed by atoms with Crippen molar-refractivity contribution in [1.82, 2.24) is 5.32 Å². The van der Waals surface area contributed by atoms with Gasteiger partial charge in [0.05, 0.1) is 20.3 Å². The van der Waals surface area contributed by atoms with Crippen LogP contribution in [0.15, 0.2) is 29.6 Å². The minimum absolute atomic E-state index is 0.167. The smallest absolute Gasteiger partial charge is 0.122 e.